The minimum absolute atomic E-state index is 0.0635. The Bertz CT molecular complexity index is 1130. The van der Waals surface area contributed by atoms with Crippen LogP contribution in [0, 0.1) is 0 Å². The van der Waals surface area contributed by atoms with Gasteiger partial charge in [0.2, 0.25) is 5.91 Å². The average Bonchev–Trinajstić information content (AvgIpc) is 3.14. The molecule has 3 heterocycles. The summed E-state index contributed by atoms with van der Waals surface area (Å²) in [7, 11) is 0. The fourth-order valence-corrected chi connectivity index (χ4v) is 6.42. The predicted octanol–water partition coefficient (Wildman–Crippen LogP) is 6.17. The number of anilines is 1. The Morgan fingerprint density at radius 3 is 2.73 bits per heavy atom. The lowest BCUT2D eigenvalue weighted by Crippen LogP contribution is -2.31. The zero-order valence-electron chi connectivity index (χ0n) is 19.4. The summed E-state index contributed by atoms with van der Waals surface area (Å²) in [6, 6.07) is 7.43. The van der Waals surface area contributed by atoms with Gasteiger partial charge in [-0.3, -0.25) is 4.79 Å². The topological polar surface area (TPSA) is 73.3 Å². The molecule has 0 saturated heterocycles. The molecule has 1 N–H and O–H groups in total. The van der Waals surface area contributed by atoms with Crippen molar-refractivity contribution in [2.45, 2.75) is 62.9 Å². The van der Waals surface area contributed by atoms with Crippen LogP contribution in [0.5, 0.6) is 5.75 Å². The normalized spacial score (nSPS) is 14.8. The Labute approximate surface area is 207 Å². The number of carbonyl (C=O) groups is 1. The molecule has 1 aromatic carbocycles. The van der Waals surface area contributed by atoms with E-state index in [-0.39, 0.29) is 17.3 Å². The maximum atomic E-state index is 12.7. The molecule has 1 amide bonds. The molecular formula is C24H29N3O3S3. The molecule has 0 unspecified atom stereocenters. The summed E-state index contributed by atoms with van der Waals surface area (Å²) in [4.78, 5) is 24.6. The molecule has 0 spiro atoms. The van der Waals surface area contributed by atoms with E-state index in [4.69, 9.17) is 19.4 Å². The van der Waals surface area contributed by atoms with Crippen LogP contribution in [-0.4, -0.2) is 39.6 Å². The average molecular weight is 504 g/mol. The monoisotopic (exact) mass is 503 g/mol. The van der Waals surface area contributed by atoms with Crippen molar-refractivity contribution in [3.05, 3.63) is 34.7 Å². The molecule has 0 fully saturated rings. The van der Waals surface area contributed by atoms with Crippen LogP contribution in [-0.2, 0) is 22.6 Å². The molecule has 6 nitrogen and oxygen atoms in total. The molecule has 0 saturated carbocycles. The van der Waals surface area contributed by atoms with Crippen molar-refractivity contribution < 1.29 is 14.3 Å². The van der Waals surface area contributed by atoms with Gasteiger partial charge in [0.15, 0.2) is 5.16 Å². The van der Waals surface area contributed by atoms with Crippen LogP contribution in [0.1, 0.15) is 44.6 Å². The summed E-state index contributed by atoms with van der Waals surface area (Å²) in [6.07, 6.45) is 1.88. The van der Waals surface area contributed by atoms with Gasteiger partial charge in [0.25, 0.3) is 0 Å². The first kappa shape index (κ1) is 24.3. The van der Waals surface area contributed by atoms with E-state index in [0.29, 0.717) is 13.2 Å². The zero-order valence-corrected chi connectivity index (χ0v) is 21.8. The lowest BCUT2D eigenvalue weighted by molar-refractivity contribution is -0.113. The quantitative estimate of drug-likeness (QED) is 0.212. The maximum absolute atomic E-state index is 12.7. The number of hydrogen-bond donors (Lipinski definition) is 1. The number of carbonyl (C=O) groups excluding carboxylic acids is 1. The summed E-state index contributed by atoms with van der Waals surface area (Å²) in [6.45, 7) is 9.54. The van der Waals surface area contributed by atoms with Crippen LogP contribution < -0.4 is 10.1 Å². The molecule has 2 aromatic heterocycles. The largest absolute Gasteiger partial charge is 0.494 e. The van der Waals surface area contributed by atoms with Crippen molar-refractivity contribution in [2.24, 2.45) is 0 Å². The summed E-state index contributed by atoms with van der Waals surface area (Å²) in [5, 5.41) is 5.72. The molecular weight excluding hydrogens is 474 g/mol. The number of benzene rings is 1. The standard InChI is InChI=1S/C24H29N3O3S3/c1-5-11-31-23-26-21(20-17-12-24(3,4)30-13-18(17)33-22(20)27-23)32-14-19(28)25-15-7-9-16(10-8-15)29-6-2/h7-10H,5-6,11-14H2,1-4H3,(H,25,28). The van der Waals surface area contributed by atoms with Crippen molar-refractivity contribution in [2.75, 3.05) is 23.4 Å². The van der Waals surface area contributed by atoms with E-state index in [9.17, 15) is 4.79 Å². The molecule has 1 aliphatic heterocycles. The highest BCUT2D eigenvalue weighted by molar-refractivity contribution is 8.00. The van der Waals surface area contributed by atoms with E-state index in [1.54, 1.807) is 23.1 Å². The fourth-order valence-electron chi connectivity index (χ4n) is 3.59. The molecule has 33 heavy (non-hydrogen) atoms. The van der Waals surface area contributed by atoms with Gasteiger partial charge >= 0.3 is 0 Å². The second kappa shape index (κ2) is 10.6. The van der Waals surface area contributed by atoms with E-state index < -0.39 is 0 Å². The first-order valence-electron chi connectivity index (χ1n) is 11.1. The Morgan fingerprint density at radius 2 is 2.00 bits per heavy atom. The number of thiophene rings is 1. The number of amides is 1. The van der Waals surface area contributed by atoms with Gasteiger partial charge in [-0.2, -0.15) is 0 Å². The highest BCUT2D eigenvalue weighted by Crippen LogP contribution is 2.42. The second-order valence-corrected chi connectivity index (χ2v) is 11.5. The number of nitrogens with one attached hydrogen (secondary N) is 1. The highest BCUT2D eigenvalue weighted by atomic mass is 32.2. The lowest BCUT2D eigenvalue weighted by Gasteiger charge is -2.30. The summed E-state index contributed by atoms with van der Waals surface area (Å²) in [5.41, 5.74) is 1.81. The molecule has 0 atom stereocenters. The fraction of sp³-hybridized carbons (Fsp3) is 0.458. The summed E-state index contributed by atoms with van der Waals surface area (Å²) < 4.78 is 11.5. The third kappa shape index (κ3) is 6.01. The van der Waals surface area contributed by atoms with Gasteiger partial charge in [0.05, 0.1) is 24.6 Å². The minimum Gasteiger partial charge on any atom is -0.494 e. The number of rotatable bonds is 9. The Kier molecular flexibility index (Phi) is 7.83. The Hall–Kier alpha value is -1.81. The second-order valence-electron chi connectivity index (χ2n) is 8.36. The third-order valence-electron chi connectivity index (χ3n) is 5.10. The van der Waals surface area contributed by atoms with Crippen LogP contribution in [0.25, 0.3) is 10.2 Å². The minimum atomic E-state index is -0.219. The van der Waals surface area contributed by atoms with Gasteiger partial charge in [0, 0.05) is 28.1 Å². The van der Waals surface area contributed by atoms with Gasteiger partial charge in [-0.15, -0.1) is 11.3 Å². The molecule has 4 rings (SSSR count). The number of fused-ring (bicyclic) bond motifs is 3. The lowest BCUT2D eigenvalue weighted by atomic mass is 9.95. The van der Waals surface area contributed by atoms with Crippen LogP contribution in [0.3, 0.4) is 0 Å². The summed E-state index contributed by atoms with van der Waals surface area (Å²) in [5.74, 6) is 1.97. The first-order chi connectivity index (χ1) is 15.9. The van der Waals surface area contributed by atoms with Gasteiger partial charge in [-0.05, 0) is 57.0 Å². The maximum Gasteiger partial charge on any atom is 0.234 e. The van der Waals surface area contributed by atoms with Gasteiger partial charge in [-0.1, -0.05) is 30.4 Å². The Balaban J connectivity index is 1.55. The number of hydrogen-bond acceptors (Lipinski definition) is 8. The molecule has 1 aliphatic rings. The highest BCUT2D eigenvalue weighted by Gasteiger charge is 2.31. The van der Waals surface area contributed by atoms with E-state index in [0.717, 1.165) is 50.4 Å². The van der Waals surface area contributed by atoms with Crippen molar-refractivity contribution in [3.63, 3.8) is 0 Å². The Morgan fingerprint density at radius 1 is 1.21 bits per heavy atom. The molecule has 0 aliphatic carbocycles. The SMILES string of the molecule is CCCSc1nc(SCC(=O)Nc2ccc(OCC)cc2)c2c3c(sc2n1)COC(C)(C)C3. The smallest absolute Gasteiger partial charge is 0.234 e. The summed E-state index contributed by atoms with van der Waals surface area (Å²) >= 11 is 4.83. The third-order valence-corrected chi connectivity index (χ3v) is 8.23. The predicted molar refractivity (Wildman–Crippen MR) is 138 cm³/mol. The van der Waals surface area contributed by atoms with Crippen molar-refractivity contribution in [3.8, 4) is 5.75 Å². The van der Waals surface area contributed by atoms with E-state index in [1.807, 2.05) is 31.2 Å². The van der Waals surface area contributed by atoms with E-state index in [1.165, 1.54) is 22.2 Å². The number of thioether (sulfide) groups is 2. The van der Waals surface area contributed by atoms with Crippen molar-refractivity contribution in [1.82, 2.24) is 9.97 Å². The number of ether oxygens (including phenoxy) is 2. The first-order valence-corrected chi connectivity index (χ1v) is 13.9. The van der Waals surface area contributed by atoms with E-state index >= 15 is 0 Å². The molecule has 0 bridgehead atoms. The number of aromatic nitrogens is 2. The van der Waals surface area contributed by atoms with Gasteiger partial charge < -0.3 is 14.8 Å². The van der Waals surface area contributed by atoms with Gasteiger partial charge in [-0.25, -0.2) is 9.97 Å². The van der Waals surface area contributed by atoms with Crippen LogP contribution in [0.4, 0.5) is 5.69 Å². The van der Waals surface area contributed by atoms with Crippen LogP contribution in [0.15, 0.2) is 34.4 Å². The molecule has 9 heteroatoms. The molecule has 3 aromatic rings. The van der Waals surface area contributed by atoms with Crippen molar-refractivity contribution in [1.29, 1.82) is 0 Å². The number of nitrogens with zero attached hydrogens (tertiary/aromatic N) is 2. The van der Waals surface area contributed by atoms with Crippen LogP contribution >= 0.6 is 34.9 Å². The van der Waals surface area contributed by atoms with Crippen molar-refractivity contribution >= 4 is 56.7 Å². The van der Waals surface area contributed by atoms with Crippen LogP contribution in [0.2, 0.25) is 0 Å². The van der Waals surface area contributed by atoms with E-state index in [2.05, 4.69) is 26.1 Å². The zero-order chi connectivity index (χ0) is 23.4. The van der Waals surface area contributed by atoms with Gasteiger partial charge in [0.1, 0.15) is 15.6 Å². The molecule has 0 radical (unpaired) electrons. The molecule has 176 valence electrons.